The molecule has 0 saturated heterocycles. The Hall–Kier alpha value is -3.28. The predicted molar refractivity (Wildman–Crippen MR) is 120 cm³/mol. The second-order valence-electron chi connectivity index (χ2n) is 6.64. The minimum atomic E-state index is -0.285. The molecule has 0 atom stereocenters. The van der Waals surface area contributed by atoms with Gasteiger partial charge in [-0.15, -0.1) is 0 Å². The molecule has 0 saturated carbocycles. The van der Waals surface area contributed by atoms with Crippen LogP contribution in [0.4, 0.5) is 5.69 Å². The summed E-state index contributed by atoms with van der Waals surface area (Å²) < 4.78 is 11.0. The minimum Gasteiger partial charge on any atom is -0.493 e. The van der Waals surface area contributed by atoms with E-state index < -0.39 is 0 Å². The Morgan fingerprint density at radius 2 is 1.80 bits per heavy atom. The van der Waals surface area contributed by atoms with E-state index in [2.05, 4.69) is 5.32 Å². The van der Waals surface area contributed by atoms with Crippen LogP contribution in [0.15, 0.2) is 48.5 Å². The number of hydrogen-bond donors (Lipinski definition) is 1. The third kappa shape index (κ3) is 6.37. The van der Waals surface area contributed by atoms with Gasteiger partial charge >= 0.3 is 0 Å². The number of rotatable bonds is 10. The first-order valence-corrected chi connectivity index (χ1v) is 10.2. The first-order chi connectivity index (χ1) is 14.5. The Morgan fingerprint density at radius 3 is 2.47 bits per heavy atom. The Bertz CT molecular complexity index is 889. The number of methoxy groups -OCH3 is 1. The van der Waals surface area contributed by atoms with Gasteiger partial charge < -0.3 is 19.7 Å². The number of hydrogen-bond acceptors (Lipinski definition) is 4. The van der Waals surface area contributed by atoms with Crippen LogP contribution in [0.25, 0.3) is 6.08 Å². The molecule has 1 N–H and O–H groups in total. The zero-order chi connectivity index (χ0) is 21.9. The highest BCUT2D eigenvalue weighted by Crippen LogP contribution is 2.28. The maximum atomic E-state index is 12.5. The molecule has 0 aliphatic heterocycles. The molecule has 0 aliphatic rings. The lowest BCUT2D eigenvalue weighted by molar-refractivity contribution is -0.111. The van der Waals surface area contributed by atoms with Crippen molar-refractivity contribution in [2.75, 3.05) is 32.1 Å². The SMILES string of the molecule is CCCOc1ccc(C=CC(=O)Nc2cccc(C(=O)N(CC)CC)c2)cc1OC. The summed E-state index contributed by atoms with van der Waals surface area (Å²) in [6, 6.07) is 12.5. The van der Waals surface area contributed by atoms with Gasteiger partial charge in [0, 0.05) is 30.4 Å². The molecule has 0 spiro atoms. The van der Waals surface area contributed by atoms with Gasteiger partial charge in [-0.1, -0.05) is 19.1 Å². The van der Waals surface area contributed by atoms with Crippen LogP contribution in [0.3, 0.4) is 0 Å². The second kappa shape index (κ2) is 11.7. The van der Waals surface area contributed by atoms with Gasteiger partial charge in [-0.3, -0.25) is 9.59 Å². The number of ether oxygens (including phenoxy) is 2. The molecule has 2 aromatic carbocycles. The van der Waals surface area contributed by atoms with Crippen molar-refractivity contribution in [3.05, 3.63) is 59.7 Å². The lowest BCUT2D eigenvalue weighted by Crippen LogP contribution is -2.30. The van der Waals surface area contributed by atoms with Gasteiger partial charge in [-0.2, -0.15) is 0 Å². The highest BCUT2D eigenvalue weighted by Gasteiger charge is 2.13. The topological polar surface area (TPSA) is 67.9 Å². The summed E-state index contributed by atoms with van der Waals surface area (Å²) >= 11 is 0. The van der Waals surface area contributed by atoms with Gasteiger partial charge in [0.1, 0.15) is 0 Å². The molecule has 2 amide bonds. The van der Waals surface area contributed by atoms with E-state index >= 15 is 0 Å². The molecular weight excluding hydrogens is 380 g/mol. The van der Waals surface area contributed by atoms with Gasteiger partial charge in [0.15, 0.2) is 11.5 Å². The van der Waals surface area contributed by atoms with Crippen molar-refractivity contribution in [3.8, 4) is 11.5 Å². The zero-order valence-electron chi connectivity index (χ0n) is 18.1. The highest BCUT2D eigenvalue weighted by atomic mass is 16.5. The molecule has 0 heterocycles. The summed E-state index contributed by atoms with van der Waals surface area (Å²) in [6.45, 7) is 7.81. The largest absolute Gasteiger partial charge is 0.493 e. The van der Waals surface area contributed by atoms with E-state index in [1.54, 1.807) is 42.4 Å². The predicted octanol–water partition coefficient (Wildman–Crippen LogP) is 4.62. The fourth-order valence-electron chi connectivity index (χ4n) is 2.90. The summed E-state index contributed by atoms with van der Waals surface area (Å²) in [5, 5.41) is 2.80. The summed E-state index contributed by atoms with van der Waals surface area (Å²) in [6.07, 6.45) is 4.05. The standard InChI is InChI=1S/C24H30N2O4/c1-5-15-30-21-13-11-18(16-22(21)29-4)12-14-23(27)25-20-10-8-9-19(17-20)24(28)26(6-2)7-3/h8-14,16-17H,5-7,15H2,1-4H3,(H,25,27). The Kier molecular flexibility index (Phi) is 8.94. The zero-order valence-corrected chi connectivity index (χ0v) is 18.1. The van der Waals surface area contributed by atoms with Crippen LogP contribution in [-0.4, -0.2) is 43.5 Å². The van der Waals surface area contributed by atoms with Gasteiger partial charge in [0.2, 0.25) is 5.91 Å². The smallest absolute Gasteiger partial charge is 0.253 e. The molecule has 2 rings (SSSR count). The van der Waals surface area contributed by atoms with E-state index in [1.165, 1.54) is 6.08 Å². The van der Waals surface area contributed by atoms with E-state index in [0.29, 0.717) is 42.4 Å². The quantitative estimate of drug-likeness (QED) is 0.581. The second-order valence-corrected chi connectivity index (χ2v) is 6.64. The first-order valence-electron chi connectivity index (χ1n) is 10.2. The lowest BCUT2D eigenvalue weighted by atomic mass is 10.1. The molecule has 160 valence electrons. The average molecular weight is 411 g/mol. The number of amides is 2. The van der Waals surface area contributed by atoms with Crippen molar-refractivity contribution in [2.45, 2.75) is 27.2 Å². The number of anilines is 1. The molecule has 0 unspecified atom stereocenters. The molecule has 0 bridgehead atoms. The van der Waals surface area contributed by atoms with E-state index in [-0.39, 0.29) is 11.8 Å². The number of carbonyl (C=O) groups is 2. The van der Waals surface area contributed by atoms with Crippen LogP contribution in [-0.2, 0) is 4.79 Å². The van der Waals surface area contributed by atoms with E-state index in [0.717, 1.165) is 12.0 Å². The van der Waals surface area contributed by atoms with Crippen LogP contribution < -0.4 is 14.8 Å². The molecule has 0 fully saturated rings. The van der Waals surface area contributed by atoms with Crippen LogP contribution >= 0.6 is 0 Å². The van der Waals surface area contributed by atoms with Crippen molar-refractivity contribution in [1.29, 1.82) is 0 Å². The summed E-state index contributed by atoms with van der Waals surface area (Å²) in [5.41, 5.74) is 1.94. The van der Waals surface area contributed by atoms with Gasteiger partial charge in [0.05, 0.1) is 13.7 Å². The third-order valence-electron chi connectivity index (χ3n) is 4.50. The molecule has 6 nitrogen and oxygen atoms in total. The minimum absolute atomic E-state index is 0.0517. The molecule has 0 radical (unpaired) electrons. The maximum absolute atomic E-state index is 12.5. The summed E-state index contributed by atoms with van der Waals surface area (Å²) in [5.74, 6) is 0.959. The monoisotopic (exact) mass is 410 g/mol. The fraction of sp³-hybridized carbons (Fsp3) is 0.333. The van der Waals surface area contributed by atoms with Crippen LogP contribution in [0, 0.1) is 0 Å². The Labute approximate surface area is 178 Å². The lowest BCUT2D eigenvalue weighted by Gasteiger charge is -2.18. The molecule has 2 aromatic rings. The Balaban J connectivity index is 2.06. The van der Waals surface area contributed by atoms with E-state index in [4.69, 9.17) is 9.47 Å². The average Bonchev–Trinajstić information content (AvgIpc) is 2.77. The van der Waals surface area contributed by atoms with Gasteiger partial charge in [-0.25, -0.2) is 0 Å². The van der Waals surface area contributed by atoms with Gasteiger partial charge in [0.25, 0.3) is 5.91 Å². The van der Waals surface area contributed by atoms with E-state index in [1.807, 2.05) is 39.0 Å². The molecule has 6 heteroatoms. The van der Waals surface area contributed by atoms with Gasteiger partial charge in [-0.05, 0) is 62.2 Å². The summed E-state index contributed by atoms with van der Waals surface area (Å²) in [4.78, 5) is 26.6. The first kappa shape index (κ1) is 23.0. The number of nitrogens with one attached hydrogen (secondary N) is 1. The van der Waals surface area contributed by atoms with Crippen molar-refractivity contribution >= 4 is 23.6 Å². The normalized spacial score (nSPS) is 10.7. The van der Waals surface area contributed by atoms with Crippen LogP contribution in [0.5, 0.6) is 11.5 Å². The number of carbonyl (C=O) groups excluding carboxylic acids is 2. The van der Waals surface area contributed by atoms with E-state index in [9.17, 15) is 9.59 Å². The number of benzene rings is 2. The molecule has 0 aliphatic carbocycles. The number of nitrogens with zero attached hydrogens (tertiary/aromatic N) is 1. The fourth-order valence-corrected chi connectivity index (χ4v) is 2.90. The van der Waals surface area contributed by atoms with Crippen LogP contribution in [0.2, 0.25) is 0 Å². The molecule has 30 heavy (non-hydrogen) atoms. The van der Waals surface area contributed by atoms with Crippen molar-refractivity contribution in [3.63, 3.8) is 0 Å². The summed E-state index contributed by atoms with van der Waals surface area (Å²) in [7, 11) is 1.58. The highest BCUT2D eigenvalue weighted by molar-refractivity contribution is 6.03. The van der Waals surface area contributed by atoms with Crippen molar-refractivity contribution in [1.82, 2.24) is 4.90 Å². The van der Waals surface area contributed by atoms with Crippen LogP contribution in [0.1, 0.15) is 43.1 Å². The maximum Gasteiger partial charge on any atom is 0.253 e. The Morgan fingerprint density at radius 1 is 1.03 bits per heavy atom. The van der Waals surface area contributed by atoms with Crippen molar-refractivity contribution < 1.29 is 19.1 Å². The molecule has 0 aromatic heterocycles. The molecular formula is C24H30N2O4. The third-order valence-corrected chi connectivity index (χ3v) is 4.50. The van der Waals surface area contributed by atoms with Crippen molar-refractivity contribution in [2.24, 2.45) is 0 Å².